The molecule has 6 nitrogen and oxygen atoms in total. The monoisotopic (exact) mass is 300 g/mol. The molecule has 0 radical (unpaired) electrons. The summed E-state index contributed by atoms with van der Waals surface area (Å²) in [7, 11) is 0. The lowest BCUT2D eigenvalue weighted by Gasteiger charge is -2.32. The Hall–Kier alpha value is -1.95. The fourth-order valence-corrected chi connectivity index (χ4v) is 3.27. The van der Waals surface area contributed by atoms with Crippen LogP contribution in [0.15, 0.2) is 18.3 Å². The summed E-state index contributed by atoms with van der Waals surface area (Å²) in [5.74, 6) is 3.10. The average molecular weight is 300 g/mol. The Morgan fingerprint density at radius 3 is 2.95 bits per heavy atom. The Morgan fingerprint density at radius 2 is 2.23 bits per heavy atom. The summed E-state index contributed by atoms with van der Waals surface area (Å²) in [5, 5.41) is 4.49. The fraction of sp³-hybridized carbons (Fsp3) is 0.562. The van der Waals surface area contributed by atoms with Gasteiger partial charge < -0.3 is 5.73 Å². The second-order valence-electron chi connectivity index (χ2n) is 6.22. The summed E-state index contributed by atoms with van der Waals surface area (Å²) in [4.78, 5) is 10.9. The van der Waals surface area contributed by atoms with Gasteiger partial charge in [-0.05, 0) is 56.8 Å². The number of hydrogen-bond acceptors (Lipinski definition) is 5. The van der Waals surface area contributed by atoms with Crippen molar-refractivity contribution < 1.29 is 0 Å². The molecule has 0 aliphatic carbocycles. The molecule has 2 aromatic heterocycles. The van der Waals surface area contributed by atoms with E-state index >= 15 is 0 Å². The van der Waals surface area contributed by atoms with Crippen molar-refractivity contribution in [1.82, 2.24) is 24.6 Å². The van der Waals surface area contributed by atoms with Crippen LogP contribution in [-0.4, -0.2) is 37.7 Å². The zero-order valence-electron chi connectivity index (χ0n) is 13.4. The van der Waals surface area contributed by atoms with Crippen LogP contribution in [0.2, 0.25) is 0 Å². The highest BCUT2D eigenvalue weighted by Crippen LogP contribution is 2.20. The fourth-order valence-electron chi connectivity index (χ4n) is 3.27. The van der Waals surface area contributed by atoms with Crippen molar-refractivity contribution in [3.8, 4) is 0 Å². The van der Waals surface area contributed by atoms with Gasteiger partial charge in [0.2, 0.25) is 0 Å². The normalized spacial score (nSPS) is 19.5. The number of likely N-dealkylation sites (tertiary alicyclic amines) is 1. The molecule has 1 atom stereocenters. The second kappa shape index (κ2) is 6.44. The topological polar surface area (TPSA) is 72.9 Å². The maximum atomic E-state index is 5.76. The lowest BCUT2D eigenvalue weighted by Crippen LogP contribution is -2.36. The number of nitrogens with zero attached hydrogens (tertiary/aromatic N) is 5. The average Bonchev–Trinajstić information content (AvgIpc) is 2.77. The third-order valence-electron chi connectivity index (χ3n) is 4.25. The predicted octanol–water partition coefficient (Wildman–Crippen LogP) is 1.78. The number of pyridine rings is 1. The summed E-state index contributed by atoms with van der Waals surface area (Å²) in [5.41, 5.74) is 7.00. The van der Waals surface area contributed by atoms with Crippen molar-refractivity contribution >= 4 is 5.82 Å². The van der Waals surface area contributed by atoms with Gasteiger partial charge in [-0.1, -0.05) is 0 Å². The lowest BCUT2D eigenvalue weighted by molar-refractivity contribution is 0.152. The summed E-state index contributed by atoms with van der Waals surface area (Å²) < 4.78 is 2.05. The first-order chi connectivity index (χ1) is 10.6. The van der Waals surface area contributed by atoms with Crippen molar-refractivity contribution in [1.29, 1.82) is 0 Å². The van der Waals surface area contributed by atoms with Crippen LogP contribution in [0.5, 0.6) is 0 Å². The van der Waals surface area contributed by atoms with Gasteiger partial charge in [-0.25, -0.2) is 14.6 Å². The molecule has 1 fully saturated rings. The van der Waals surface area contributed by atoms with Gasteiger partial charge >= 0.3 is 0 Å². The van der Waals surface area contributed by atoms with Crippen molar-refractivity contribution in [3.05, 3.63) is 35.5 Å². The molecule has 1 aliphatic heterocycles. The van der Waals surface area contributed by atoms with Crippen molar-refractivity contribution in [2.75, 3.05) is 18.8 Å². The minimum Gasteiger partial charge on any atom is -0.384 e. The number of anilines is 1. The first kappa shape index (κ1) is 15.0. The molecule has 2 aromatic rings. The van der Waals surface area contributed by atoms with Gasteiger partial charge in [0.15, 0.2) is 0 Å². The molecular formula is C16H24N6. The molecule has 3 rings (SSSR count). The first-order valence-corrected chi connectivity index (χ1v) is 7.91. The summed E-state index contributed by atoms with van der Waals surface area (Å²) in [6.07, 6.45) is 4.28. The van der Waals surface area contributed by atoms with Crippen LogP contribution >= 0.6 is 0 Å². The molecule has 3 heterocycles. The number of rotatable bonds is 4. The molecule has 0 aromatic carbocycles. The lowest BCUT2D eigenvalue weighted by atomic mass is 9.97. The molecule has 1 aliphatic rings. The van der Waals surface area contributed by atoms with Crippen LogP contribution in [0.25, 0.3) is 0 Å². The molecular weight excluding hydrogens is 276 g/mol. The van der Waals surface area contributed by atoms with Gasteiger partial charge in [0, 0.05) is 25.8 Å². The Morgan fingerprint density at radius 1 is 1.36 bits per heavy atom. The highest BCUT2D eigenvalue weighted by Gasteiger charge is 2.21. The third-order valence-corrected chi connectivity index (χ3v) is 4.25. The Balaban J connectivity index is 1.60. The maximum Gasteiger partial charge on any atom is 0.147 e. The zero-order chi connectivity index (χ0) is 15.5. The molecule has 1 unspecified atom stereocenters. The number of hydrogen-bond donors (Lipinski definition) is 1. The number of piperidine rings is 1. The minimum atomic E-state index is 0.597. The van der Waals surface area contributed by atoms with Crippen molar-refractivity contribution in [2.24, 2.45) is 5.92 Å². The highest BCUT2D eigenvalue weighted by atomic mass is 15.3. The Labute approximate surface area is 131 Å². The number of aromatic nitrogens is 4. The quantitative estimate of drug-likeness (QED) is 0.932. The molecule has 0 bridgehead atoms. The molecule has 0 spiro atoms. The standard InChI is InChI=1S/C16H24N6/c1-12-19-13(2)22(20-12)11-15-4-3-7-21(10-15)9-14-5-6-18-16(17)8-14/h5-6,8,15H,3-4,7,9-11H2,1-2H3,(H2,17,18). The van der Waals surface area contributed by atoms with E-state index < -0.39 is 0 Å². The smallest absolute Gasteiger partial charge is 0.147 e. The molecule has 6 heteroatoms. The molecule has 2 N–H and O–H groups in total. The molecule has 118 valence electrons. The number of aryl methyl sites for hydroxylation is 2. The van der Waals surface area contributed by atoms with Gasteiger partial charge in [0.05, 0.1) is 0 Å². The van der Waals surface area contributed by atoms with Crippen LogP contribution in [0.3, 0.4) is 0 Å². The van der Waals surface area contributed by atoms with E-state index in [2.05, 4.69) is 20.0 Å². The van der Waals surface area contributed by atoms with E-state index in [1.165, 1.54) is 18.4 Å². The summed E-state index contributed by atoms with van der Waals surface area (Å²) in [6, 6.07) is 4.01. The molecule has 22 heavy (non-hydrogen) atoms. The SMILES string of the molecule is Cc1nc(C)n(CC2CCCN(Cc3ccnc(N)c3)C2)n1. The molecule has 1 saturated heterocycles. The number of nitrogen functional groups attached to an aromatic ring is 1. The van der Waals surface area contributed by atoms with E-state index in [1.807, 2.05) is 30.7 Å². The van der Waals surface area contributed by atoms with Crippen LogP contribution in [0.1, 0.15) is 30.1 Å². The Kier molecular flexibility index (Phi) is 4.38. The minimum absolute atomic E-state index is 0.597. The van der Waals surface area contributed by atoms with Crippen LogP contribution in [-0.2, 0) is 13.1 Å². The predicted molar refractivity (Wildman–Crippen MR) is 86.1 cm³/mol. The van der Waals surface area contributed by atoms with Gasteiger partial charge in [0.1, 0.15) is 17.5 Å². The van der Waals surface area contributed by atoms with Gasteiger partial charge in [-0.15, -0.1) is 0 Å². The van der Waals surface area contributed by atoms with Crippen LogP contribution < -0.4 is 5.73 Å². The van der Waals surface area contributed by atoms with Crippen LogP contribution in [0, 0.1) is 19.8 Å². The van der Waals surface area contributed by atoms with E-state index in [4.69, 9.17) is 5.73 Å². The largest absolute Gasteiger partial charge is 0.384 e. The van der Waals surface area contributed by atoms with E-state index in [0.717, 1.165) is 37.8 Å². The van der Waals surface area contributed by atoms with Crippen LogP contribution in [0.4, 0.5) is 5.82 Å². The van der Waals surface area contributed by atoms with E-state index in [-0.39, 0.29) is 0 Å². The third kappa shape index (κ3) is 3.62. The van der Waals surface area contributed by atoms with Gasteiger partial charge in [-0.2, -0.15) is 5.10 Å². The molecule has 0 amide bonds. The summed E-state index contributed by atoms with van der Waals surface area (Å²) >= 11 is 0. The van der Waals surface area contributed by atoms with Gasteiger partial charge in [0.25, 0.3) is 0 Å². The Bertz CT molecular complexity index is 635. The first-order valence-electron chi connectivity index (χ1n) is 7.91. The number of nitrogens with two attached hydrogens (primary N) is 1. The van der Waals surface area contributed by atoms with E-state index in [9.17, 15) is 0 Å². The van der Waals surface area contributed by atoms with E-state index in [1.54, 1.807) is 6.20 Å². The maximum absolute atomic E-state index is 5.76. The second-order valence-corrected chi connectivity index (χ2v) is 6.22. The van der Waals surface area contributed by atoms with Crippen molar-refractivity contribution in [3.63, 3.8) is 0 Å². The summed E-state index contributed by atoms with van der Waals surface area (Å²) in [6.45, 7) is 8.12. The van der Waals surface area contributed by atoms with E-state index in [0.29, 0.717) is 11.7 Å². The zero-order valence-corrected chi connectivity index (χ0v) is 13.4. The van der Waals surface area contributed by atoms with Gasteiger partial charge in [-0.3, -0.25) is 4.90 Å². The van der Waals surface area contributed by atoms with Crippen molar-refractivity contribution in [2.45, 2.75) is 39.8 Å². The highest BCUT2D eigenvalue weighted by molar-refractivity contribution is 5.31. The molecule has 0 saturated carbocycles.